The van der Waals surface area contributed by atoms with Gasteiger partial charge in [-0.05, 0) is 85.8 Å². The number of aliphatic hydroxyl groups is 2. The van der Waals surface area contributed by atoms with Crippen LogP contribution < -0.4 is 0 Å². The van der Waals surface area contributed by atoms with Crippen LogP contribution in [-0.2, 0) is 14.3 Å². The van der Waals surface area contributed by atoms with Gasteiger partial charge < -0.3 is 20.1 Å². The monoisotopic (exact) mass is 514 g/mol. The highest BCUT2D eigenvalue weighted by Gasteiger charge is 2.65. The number of hydrogen-bond acceptors (Lipinski definition) is 5. The molecule has 206 valence electrons. The lowest BCUT2D eigenvalue weighted by atomic mass is 9.48. The van der Waals surface area contributed by atoms with Gasteiger partial charge in [0.05, 0.1) is 24.7 Å². The van der Waals surface area contributed by atoms with Gasteiger partial charge in [0.15, 0.2) is 0 Å². The Morgan fingerprint density at radius 2 is 1.86 bits per heavy atom. The Morgan fingerprint density at radius 3 is 2.41 bits per heavy atom. The van der Waals surface area contributed by atoms with E-state index in [4.69, 9.17) is 4.74 Å². The fourth-order valence-electron chi connectivity index (χ4n) is 7.60. The molecule has 7 atom stereocenters. The standard InChI is InChI=1S/C31H46O6/c1-9-20-11-13-23-22(29(20,5)16-15-25(33)37-8)14-17-30(6)26(24(32)18-31(23,30)7)21(27(34)35)12-10-19(2)28(3,4)36/h9,13-14,20-21,24,26,32,36H,1-2,10-12,15-18H2,3-8H3,(H,34,35). The molecule has 0 aromatic rings. The van der Waals surface area contributed by atoms with E-state index in [0.29, 0.717) is 44.1 Å². The van der Waals surface area contributed by atoms with Crippen molar-refractivity contribution in [2.75, 3.05) is 7.11 Å². The van der Waals surface area contributed by atoms with Gasteiger partial charge in [0, 0.05) is 17.8 Å². The van der Waals surface area contributed by atoms with Gasteiger partial charge in [-0.2, -0.15) is 0 Å². The van der Waals surface area contributed by atoms with Crippen molar-refractivity contribution in [3.05, 3.63) is 48.1 Å². The largest absolute Gasteiger partial charge is 0.481 e. The summed E-state index contributed by atoms with van der Waals surface area (Å²) in [6.07, 6.45) is 9.27. The minimum atomic E-state index is -1.08. The lowest BCUT2D eigenvalue weighted by Gasteiger charge is -2.55. The van der Waals surface area contributed by atoms with Crippen LogP contribution in [0.25, 0.3) is 0 Å². The molecule has 37 heavy (non-hydrogen) atoms. The minimum Gasteiger partial charge on any atom is -0.481 e. The van der Waals surface area contributed by atoms with Gasteiger partial charge in [0.2, 0.25) is 0 Å². The first-order valence-electron chi connectivity index (χ1n) is 13.5. The molecule has 0 radical (unpaired) electrons. The van der Waals surface area contributed by atoms with E-state index in [1.807, 2.05) is 6.08 Å². The lowest BCUT2D eigenvalue weighted by Crippen LogP contribution is -2.48. The van der Waals surface area contributed by atoms with Crippen LogP contribution in [-0.4, -0.2) is 46.1 Å². The Kier molecular flexibility index (Phi) is 8.08. The van der Waals surface area contributed by atoms with Gasteiger partial charge in [-0.1, -0.05) is 45.6 Å². The van der Waals surface area contributed by atoms with Crippen LogP contribution in [0.1, 0.15) is 79.6 Å². The Morgan fingerprint density at radius 1 is 1.22 bits per heavy atom. The molecule has 0 aliphatic heterocycles. The summed E-state index contributed by atoms with van der Waals surface area (Å²) in [5, 5.41) is 32.1. The summed E-state index contributed by atoms with van der Waals surface area (Å²) < 4.78 is 4.92. The number of ether oxygens (including phenoxy) is 1. The molecule has 0 spiro atoms. The summed E-state index contributed by atoms with van der Waals surface area (Å²) in [5.74, 6) is -2.18. The molecule has 0 aromatic carbocycles. The van der Waals surface area contributed by atoms with Crippen LogP contribution in [0.15, 0.2) is 48.1 Å². The zero-order valence-electron chi connectivity index (χ0n) is 23.5. The summed E-state index contributed by atoms with van der Waals surface area (Å²) in [6, 6.07) is 0. The van der Waals surface area contributed by atoms with Crippen LogP contribution in [0.2, 0.25) is 0 Å². The summed E-state index contributed by atoms with van der Waals surface area (Å²) in [4.78, 5) is 24.6. The molecule has 3 rings (SSSR count). The van der Waals surface area contributed by atoms with Crippen LogP contribution in [0.5, 0.6) is 0 Å². The minimum absolute atomic E-state index is 0.168. The van der Waals surface area contributed by atoms with E-state index < -0.39 is 40.3 Å². The fraction of sp³-hybridized carbons (Fsp3) is 0.677. The van der Waals surface area contributed by atoms with E-state index >= 15 is 0 Å². The van der Waals surface area contributed by atoms with E-state index in [9.17, 15) is 24.9 Å². The van der Waals surface area contributed by atoms with Crippen LogP contribution in [0, 0.1) is 34.0 Å². The summed E-state index contributed by atoms with van der Waals surface area (Å²) in [5.41, 5.74) is 0.704. The van der Waals surface area contributed by atoms with Crippen molar-refractivity contribution in [2.45, 2.75) is 91.3 Å². The van der Waals surface area contributed by atoms with Gasteiger partial charge in [-0.25, -0.2) is 0 Å². The third kappa shape index (κ3) is 4.87. The van der Waals surface area contributed by atoms with E-state index in [2.05, 4.69) is 46.1 Å². The highest BCUT2D eigenvalue weighted by molar-refractivity contribution is 5.71. The maximum atomic E-state index is 12.6. The number of rotatable bonds is 10. The molecule has 3 aliphatic rings. The van der Waals surface area contributed by atoms with Crippen LogP contribution in [0.3, 0.4) is 0 Å². The predicted octanol–water partition coefficient (Wildman–Crippen LogP) is 5.61. The Bertz CT molecular complexity index is 1020. The summed E-state index contributed by atoms with van der Waals surface area (Å²) in [7, 11) is 1.41. The van der Waals surface area contributed by atoms with Crippen LogP contribution in [0.4, 0.5) is 0 Å². The molecule has 3 N–H and O–H groups in total. The van der Waals surface area contributed by atoms with Gasteiger partial charge in [0.1, 0.15) is 0 Å². The number of carbonyl (C=O) groups excluding carboxylic acids is 1. The van der Waals surface area contributed by atoms with Crippen molar-refractivity contribution in [1.82, 2.24) is 0 Å². The maximum absolute atomic E-state index is 12.6. The second-order valence-corrected chi connectivity index (χ2v) is 12.7. The van der Waals surface area contributed by atoms with Crippen molar-refractivity contribution >= 4 is 11.9 Å². The number of carboxylic acids is 1. The first-order valence-corrected chi connectivity index (χ1v) is 13.5. The molecular weight excluding hydrogens is 468 g/mol. The molecule has 0 saturated heterocycles. The topological polar surface area (TPSA) is 104 Å². The van der Waals surface area contributed by atoms with Gasteiger partial charge in [-0.3, -0.25) is 9.59 Å². The maximum Gasteiger partial charge on any atom is 0.306 e. The predicted molar refractivity (Wildman–Crippen MR) is 145 cm³/mol. The van der Waals surface area contributed by atoms with E-state index in [1.54, 1.807) is 13.8 Å². The highest BCUT2D eigenvalue weighted by Crippen LogP contribution is 2.70. The molecule has 0 heterocycles. The van der Waals surface area contributed by atoms with E-state index in [1.165, 1.54) is 18.3 Å². The number of esters is 1. The molecule has 0 amide bonds. The number of carbonyl (C=O) groups is 2. The van der Waals surface area contributed by atoms with Crippen molar-refractivity contribution in [2.24, 2.45) is 34.0 Å². The Labute approximate surface area is 222 Å². The van der Waals surface area contributed by atoms with Crippen molar-refractivity contribution in [3.63, 3.8) is 0 Å². The van der Waals surface area contributed by atoms with E-state index in [-0.39, 0.29) is 17.3 Å². The first kappa shape index (κ1) is 29.4. The average Bonchev–Trinajstić information content (AvgIpc) is 3.02. The summed E-state index contributed by atoms with van der Waals surface area (Å²) >= 11 is 0. The van der Waals surface area contributed by atoms with Gasteiger partial charge >= 0.3 is 11.9 Å². The van der Waals surface area contributed by atoms with Crippen LogP contribution >= 0.6 is 0 Å². The molecule has 0 bridgehead atoms. The number of aliphatic hydroxyl groups excluding tert-OH is 1. The number of hydrogen-bond donors (Lipinski definition) is 3. The smallest absolute Gasteiger partial charge is 0.306 e. The molecule has 3 aliphatic carbocycles. The molecule has 6 nitrogen and oxygen atoms in total. The molecule has 1 saturated carbocycles. The highest BCUT2D eigenvalue weighted by atomic mass is 16.5. The molecule has 7 unspecified atom stereocenters. The van der Waals surface area contributed by atoms with Crippen molar-refractivity contribution < 1.29 is 29.6 Å². The number of methoxy groups -OCH3 is 1. The Balaban J connectivity index is 2.01. The van der Waals surface area contributed by atoms with Crippen molar-refractivity contribution in [3.8, 4) is 0 Å². The third-order valence-corrected chi connectivity index (χ3v) is 10.4. The number of allylic oxidation sites excluding steroid dienone is 5. The normalized spacial score (nSPS) is 35.9. The second kappa shape index (κ2) is 10.2. The SMILES string of the molecule is C=CC1CC=C2C(=CCC3(C)C(C(CCC(=C)C(C)(C)O)C(=O)O)C(O)CC23C)C1(C)CCC(=O)OC. The van der Waals surface area contributed by atoms with Gasteiger partial charge in [0.25, 0.3) is 0 Å². The quantitative estimate of drug-likeness (QED) is 0.259. The third-order valence-electron chi connectivity index (χ3n) is 10.4. The Hall–Kier alpha value is -2.18. The molecule has 0 aromatic heterocycles. The summed E-state index contributed by atoms with van der Waals surface area (Å²) in [6.45, 7) is 17.9. The zero-order chi connectivity index (χ0) is 28.0. The average molecular weight is 515 g/mol. The van der Waals surface area contributed by atoms with E-state index in [0.717, 1.165) is 6.42 Å². The molecular formula is C31H46O6. The number of fused-ring (bicyclic) bond motifs is 3. The molecule has 6 heteroatoms. The lowest BCUT2D eigenvalue weighted by molar-refractivity contribution is -0.148. The fourth-order valence-corrected chi connectivity index (χ4v) is 7.60. The first-order chi connectivity index (χ1) is 17.1. The second-order valence-electron chi connectivity index (χ2n) is 12.7. The van der Waals surface area contributed by atoms with Crippen molar-refractivity contribution in [1.29, 1.82) is 0 Å². The molecule has 1 fully saturated rings. The van der Waals surface area contributed by atoms with Gasteiger partial charge in [-0.15, -0.1) is 6.58 Å². The zero-order valence-corrected chi connectivity index (χ0v) is 23.5. The number of carboxylic acid groups (broad SMARTS) is 1. The number of aliphatic carboxylic acids is 1.